The number of halogens is 1. The highest BCUT2D eigenvalue weighted by atomic mass is 32.2. The summed E-state index contributed by atoms with van der Waals surface area (Å²) in [6, 6.07) is 17.7. The summed E-state index contributed by atoms with van der Waals surface area (Å²) in [5.74, 6) is 0.0317. The van der Waals surface area contributed by atoms with E-state index in [1.165, 1.54) is 35.2 Å². The van der Waals surface area contributed by atoms with Crippen LogP contribution in [0.15, 0.2) is 75.7 Å². The standard InChI is InChI=1S/C25H25FN4O2S2/c1-3-30(4-2)20-13-9-18(10-14-20)24-28-29-25(32-24)34-16-22(31)27-23(21-6-5-15-33-21)17-7-11-19(26)12-8-17/h5-15,23H,3-4,16H2,1-2H3,(H,27,31)/t23-/m0/s1. The largest absolute Gasteiger partial charge is 0.411 e. The number of nitrogens with one attached hydrogen (secondary N) is 1. The molecule has 0 unspecified atom stereocenters. The van der Waals surface area contributed by atoms with Gasteiger partial charge in [-0.25, -0.2) is 4.39 Å². The van der Waals surface area contributed by atoms with Crippen LogP contribution in [-0.4, -0.2) is 34.9 Å². The topological polar surface area (TPSA) is 71.3 Å². The number of benzene rings is 2. The van der Waals surface area contributed by atoms with Gasteiger partial charge in [0.25, 0.3) is 5.22 Å². The van der Waals surface area contributed by atoms with Crippen LogP contribution in [0.3, 0.4) is 0 Å². The number of hydrogen-bond donors (Lipinski definition) is 1. The maximum absolute atomic E-state index is 13.4. The van der Waals surface area contributed by atoms with Gasteiger partial charge in [0, 0.05) is 29.2 Å². The zero-order valence-electron chi connectivity index (χ0n) is 18.9. The highest BCUT2D eigenvalue weighted by Gasteiger charge is 2.19. The molecule has 176 valence electrons. The van der Waals surface area contributed by atoms with E-state index < -0.39 is 0 Å². The van der Waals surface area contributed by atoms with Gasteiger partial charge < -0.3 is 14.6 Å². The lowest BCUT2D eigenvalue weighted by Crippen LogP contribution is -2.30. The molecule has 0 spiro atoms. The van der Waals surface area contributed by atoms with E-state index in [0.29, 0.717) is 11.1 Å². The molecule has 0 bridgehead atoms. The molecule has 0 radical (unpaired) electrons. The first-order valence-corrected chi connectivity index (χ1v) is 12.8. The summed E-state index contributed by atoms with van der Waals surface area (Å²) in [6.07, 6.45) is 0. The lowest BCUT2D eigenvalue weighted by atomic mass is 10.1. The Morgan fingerprint density at radius 1 is 1.09 bits per heavy atom. The van der Waals surface area contributed by atoms with Crippen LogP contribution in [0, 0.1) is 5.82 Å². The van der Waals surface area contributed by atoms with E-state index in [-0.39, 0.29) is 23.5 Å². The molecule has 0 aliphatic carbocycles. The van der Waals surface area contributed by atoms with Gasteiger partial charge in [-0.3, -0.25) is 4.79 Å². The van der Waals surface area contributed by atoms with E-state index >= 15 is 0 Å². The number of thiophene rings is 1. The molecule has 9 heteroatoms. The van der Waals surface area contributed by atoms with Crippen molar-refractivity contribution in [1.29, 1.82) is 0 Å². The van der Waals surface area contributed by atoms with Crippen molar-refractivity contribution in [3.8, 4) is 11.5 Å². The maximum Gasteiger partial charge on any atom is 0.277 e. The number of amides is 1. The quantitative estimate of drug-likeness (QED) is 0.281. The maximum atomic E-state index is 13.4. The fraction of sp³-hybridized carbons (Fsp3) is 0.240. The molecule has 0 aliphatic rings. The molecule has 1 amide bonds. The lowest BCUT2D eigenvalue weighted by Gasteiger charge is -2.20. The van der Waals surface area contributed by atoms with Gasteiger partial charge in [0.05, 0.1) is 11.8 Å². The van der Waals surface area contributed by atoms with E-state index in [4.69, 9.17) is 4.42 Å². The Labute approximate surface area is 206 Å². The third kappa shape index (κ3) is 5.84. The molecule has 0 aliphatic heterocycles. The Morgan fingerprint density at radius 2 is 1.82 bits per heavy atom. The van der Waals surface area contributed by atoms with E-state index in [9.17, 15) is 9.18 Å². The second-order valence-electron chi connectivity index (χ2n) is 7.45. The van der Waals surface area contributed by atoms with Gasteiger partial charge >= 0.3 is 0 Å². The lowest BCUT2D eigenvalue weighted by molar-refractivity contribution is -0.119. The van der Waals surface area contributed by atoms with Gasteiger partial charge in [0.1, 0.15) is 5.82 Å². The molecule has 4 aromatic rings. The van der Waals surface area contributed by atoms with Crippen LogP contribution in [0.4, 0.5) is 10.1 Å². The van der Waals surface area contributed by atoms with Crippen LogP contribution < -0.4 is 10.2 Å². The van der Waals surface area contributed by atoms with Gasteiger partial charge in [-0.15, -0.1) is 21.5 Å². The molecule has 2 aromatic carbocycles. The first-order valence-electron chi connectivity index (χ1n) is 11.0. The smallest absolute Gasteiger partial charge is 0.277 e. The van der Waals surface area contributed by atoms with Gasteiger partial charge in [-0.05, 0) is 67.3 Å². The predicted molar refractivity (Wildman–Crippen MR) is 135 cm³/mol. The molecule has 0 saturated carbocycles. The summed E-state index contributed by atoms with van der Waals surface area (Å²) in [7, 11) is 0. The number of hydrogen-bond acceptors (Lipinski definition) is 7. The summed E-state index contributed by atoms with van der Waals surface area (Å²) in [5, 5.41) is 13.5. The molecule has 0 fully saturated rings. The fourth-order valence-electron chi connectivity index (χ4n) is 3.55. The predicted octanol–water partition coefficient (Wildman–Crippen LogP) is 5.78. The second kappa shape index (κ2) is 11.3. The molecule has 1 N–H and O–H groups in total. The van der Waals surface area contributed by atoms with Crippen molar-refractivity contribution >= 4 is 34.7 Å². The third-order valence-electron chi connectivity index (χ3n) is 5.31. The molecule has 34 heavy (non-hydrogen) atoms. The zero-order valence-corrected chi connectivity index (χ0v) is 20.5. The average Bonchev–Trinajstić information content (AvgIpc) is 3.56. The zero-order chi connectivity index (χ0) is 23.9. The van der Waals surface area contributed by atoms with Gasteiger partial charge in [-0.1, -0.05) is 30.0 Å². The first kappa shape index (κ1) is 24.0. The molecular weight excluding hydrogens is 471 g/mol. The number of carbonyl (C=O) groups is 1. The SMILES string of the molecule is CCN(CC)c1ccc(-c2nnc(SCC(=O)N[C@@H](c3ccc(F)cc3)c3cccs3)o2)cc1. The normalized spacial score (nSPS) is 11.9. The Bertz CT molecular complexity index is 1190. The van der Waals surface area contributed by atoms with Crippen molar-refractivity contribution in [1.82, 2.24) is 15.5 Å². The van der Waals surface area contributed by atoms with Gasteiger partial charge in [0.15, 0.2) is 0 Å². The Morgan fingerprint density at radius 3 is 2.47 bits per heavy atom. The van der Waals surface area contributed by atoms with E-state index in [1.807, 2.05) is 41.8 Å². The molecule has 0 saturated heterocycles. The van der Waals surface area contributed by atoms with E-state index in [1.54, 1.807) is 12.1 Å². The Balaban J connectivity index is 1.38. The van der Waals surface area contributed by atoms with Crippen molar-refractivity contribution in [2.45, 2.75) is 25.1 Å². The molecular formula is C25H25FN4O2S2. The summed E-state index contributed by atoms with van der Waals surface area (Å²) in [5.41, 5.74) is 2.78. The molecule has 2 heterocycles. The van der Waals surface area contributed by atoms with Crippen LogP contribution in [0.25, 0.3) is 11.5 Å². The van der Waals surface area contributed by atoms with Crippen molar-refractivity contribution in [2.75, 3.05) is 23.7 Å². The molecule has 1 atom stereocenters. The van der Waals surface area contributed by atoms with Crippen LogP contribution in [0.5, 0.6) is 0 Å². The second-order valence-corrected chi connectivity index (χ2v) is 9.35. The minimum absolute atomic E-state index is 0.117. The van der Waals surface area contributed by atoms with Crippen molar-refractivity contribution in [3.05, 3.63) is 82.3 Å². The highest BCUT2D eigenvalue weighted by Crippen LogP contribution is 2.28. The average molecular weight is 497 g/mol. The fourth-order valence-corrected chi connectivity index (χ4v) is 4.92. The third-order valence-corrected chi connectivity index (χ3v) is 7.07. The number of rotatable bonds is 10. The summed E-state index contributed by atoms with van der Waals surface area (Å²) >= 11 is 2.71. The summed E-state index contributed by atoms with van der Waals surface area (Å²) in [4.78, 5) is 15.9. The number of thioether (sulfide) groups is 1. The van der Waals surface area contributed by atoms with Crippen molar-refractivity contribution in [2.24, 2.45) is 0 Å². The number of carbonyl (C=O) groups excluding carboxylic acids is 1. The van der Waals surface area contributed by atoms with Crippen LogP contribution >= 0.6 is 23.1 Å². The van der Waals surface area contributed by atoms with Crippen LogP contribution in [0.1, 0.15) is 30.3 Å². The summed E-state index contributed by atoms with van der Waals surface area (Å²) < 4.78 is 19.1. The minimum Gasteiger partial charge on any atom is -0.411 e. The number of anilines is 1. The molecule has 4 rings (SSSR count). The highest BCUT2D eigenvalue weighted by molar-refractivity contribution is 7.99. The first-order chi connectivity index (χ1) is 16.6. The Kier molecular flexibility index (Phi) is 7.97. The van der Waals surface area contributed by atoms with Crippen molar-refractivity contribution in [3.63, 3.8) is 0 Å². The van der Waals surface area contributed by atoms with Crippen molar-refractivity contribution < 1.29 is 13.6 Å². The number of nitrogens with zero attached hydrogens (tertiary/aromatic N) is 3. The summed E-state index contributed by atoms with van der Waals surface area (Å²) in [6.45, 7) is 6.12. The van der Waals surface area contributed by atoms with Crippen LogP contribution in [0.2, 0.25) is 0 Å². The van der Waals surface area contributed by atoms with E-state index in [0.717, 1.165) is 34.8 Å². The van der Waals surface area contributed by atoms with Gasteiger partial charge in [0.2, 0.25) is 11.8 Å². The molecule has 2 aromatic heterocycles. The van der Waals surface area contributed by atoms with Crippen LogP contribution in [-0.2, 0) is 4.79 Å². The molecule has 6 nitrogen and oxygen atoms in total. The minimum atomic E-state index is -0.351. The monoisotopic (exact) mass is 496 g/mol. The van der Waals surface area contributed by atoms with E-state index in [2.05, 4.69) is 34.3 Å². The van der Waals surface area contributed by atoms with Gasteiger partial charge in [-0.2, -0.15) is 0 Å². The number of aromatic nitrogens is 2. The Hall–Kier alpha value is -3.17.